The second kappa shape index (κ2) is 11.4. The number of amides is 1. The van der Waals surface area contributed by atoms with Crippen molar-refractivity contribution in [3.05, 3.63) is 86.8 Å². The van der Waals surface area contributed by atoms with E-state index in [0.717, 1.165) is 21.2 Å². The Kier molecular flexibility index (Phi) is 8.46. The number of aliphatic hydroxyl groups excluding tert-OH is 1. The third kappa shape index (κ3) is 6.04. The molecule has 2 aromatic carbocycles. The first-order chi connectivity index (χ1) is 18.0. The molecule has 0 aliphatic carbocycles. The van der Waals surface area contributed by atoms with Crippen molar-refractivity contribution in [1.29, 1.82) is 0 Å². The van der Waals surface area contributed by atoms with Crippen LogP contribution in [0.2, 0.25) is 0 Å². The van der Waals surface area contributed by atoms with Crippen molar-refractivity contribution in [2.45, 2.75) is 66.5 Å². The van der Waals surface area contributed by atoms with E-state index in [-0.39, 0.29) is 18.5 Å². The lowest BCUT2D eigenvalue weighted by Gasteiger charge is -2.27. The number of aryl methyl sites for hydroxylation is 2. The molecule has 0 fully saturated rings. The molecule has 1 amide bonds. The maximum Gasteiger partial charge on any atom is 0.421 e. The van der Waals surface area contributed by atoms with Crippen LogP contribution in [0.5, 0.6) is 0 Å². The number of hydrogen-bond donors (Lipinski definition) is 2. The van der Waals surface area contributed by atoms with E-state index in [1.54, 1.807) is 13.0 Å². The van der Waals surface area contributed by atoms with Crippen LogP contribution in [0.15, 0.2) is 47.3 Å². The Balaban J connectivity index is 1.71. The zero-order valence-corrected chi connectivity index (χ0v) is 24.4. The molecule has 3 aromatic rings. The summed E-state index contributed by atoms with van der Waals surface area (Å²) in [6.45, 7) is 9.66. The standard InChI is InChI=1S/C29H33FIN3O4/c1-6-9-24-22(27(36)34(17(2)32-24)16-25(35)29(3,4)5)14-19-13-12-18(15-23(19)30)20-10-7-8-11-21(20)26-31-38-28(37)33-26/h7-8,10-13,15,25,35H,6,9,14,16H2,1-5H3,(H,33,37). The van der Waals surface area contributed by atoms with Crippen molar-refractivity contribution in [3.63, 3.8) is 0 Å². The summed E-state index contributed by atoms with van der Waals surface area (Å²) < 4.78 is 22.9. The quantitative estimate of drug-likeness (QED) is 0.324. The van der Waals surface area contributed by atoms with E-state index in [9.17, 15) is 14.7 Å². The van der Waals surface area contributed by atoms with Gasteiger partial charge in [0.15, 0.2) is 0 Å². The lowest BCUT2D eigenvalue weighted by molar-refractivity contribution is 0.0463. The Morgan fingerprint density at radius 1 is 1.16 bits per heavy atom. The van der Waals surface area contributed by atoms with Crippen LogP contribution in [0.4, 0.5) is 9.18 Å². The number of nitrogens with one attached hydrogen (secondary N) is 1. The number of carbonyl (C=O) groups is 1. The molecule has 4 rings (SSSR count). The van der Waals surface area contributed by atoms with Gasteiger partial charge in [-0.05, 0) is 41.5 Å². The Morgan fingerprint density at radius 2 is 1.87 bits per heavy atom. The van der Waals surface area contributed by atoms with E-state index >= 15 is 4.39 Å². The molecule has 7 nitrogen and oxygen atoms in total. The van der Waals surface area contributed by atoms with Gasteiger partial charge in [-0.15, -0.1) is 0 Å². The van der Waals surface area contributed by atoms with Crippen molar-refractivity contribution in [1.82, 2.24) is 14.9 Å². The number of aromatic nitrogens is 2. The SMILES string of the molecule is CCCc1nc(C)n(CC(O)C(C)(C)C)c(=O)c1Cc1ccc(-c2ccccc2C2=IOC(=O)N2)cc1F. The fourth-order valence-electron chi connectivity index (χ4n) is 4.33. The molecule has 1 aliphatic rings. The minimum atomic E-state index is -0.931. The summed E-state index contributed by atoms with van der Waals surface area (Å²) >= 11 is -0.931. The molecule has 0 saturated heterocycles. The smallest absolute Gasteiger partial charge is 0.391 e. The number of aliphatic hydroxyl groups is 1. The van der Waals surface area contributed by atoms with Crippen LogP contribution in [-0.2, 0) is 22.5 Å². The minimum Gasteiger partial charge on any atom is -0.391 e. The van der Waals surface area contributed by atoms with Crippen molar-refractivity contribution < 1.29 is 17.4 Å². The zero-order chi connectivity index (χ0) is 27.6. The van der Waals surface area contributed by atoms with E-state index in [1.165, 1.54) is 10.6 Å². The van der Waals surface area contributed by atoms with Crippen LogP contribution in [0.25, 0.3) is 11.1 Å². The molecule has 1 aromatic heterocycles. The number of benzene rings is 2. The van der Waals surface area contributed by atoms with Crippen LogP contribution in [0.1, 0.15) is 62.3 Å². The molecule has 0 bridgehead atoms. The summed E-state index contributed by atoms with van der Waals surface area (Å²) in [6, 6.07) is 12.5. The molecular weight excluding hydrogens is 600 g/mol. The predicted octanol–water partition coefficient (Wildman–Crippen LogP) is 5.41. The van der Waals surface area contributed by atoms with Crippen molar-refractivity contribution in [2.24, 2.45) is 5.41 Å². The first-order valence-corrected chi connectivity index (χ1v) is 14.6. The minimum absolute atomic E-state index is 0.105. The molecule has 202 valence electrons. The van der Waals surface area contributed by atoms with Gasteiger partial charge >= 0.3 is 6.09 Å². The summed E-state index contributed by atoms with van der Waals surface area (Å²) in [4.78, 5) is 29.9. The van der Waals surface area contributed by atoms with Crippen LogP contribution >= 0.6 is 21.1 Å². The van der Waals surface area contributed by atoms with Gasteiger partial charge in [-0.1, -0.05) is 70.5 Å². The Labute approximate surface area is 232 Å². The Morgan fingerprint density at radius 3 is 2.47 bits per heavy atom. The number of hydrogen-bond acceptors (Lipinski definition) is 5. The first-order valence-electron chi connectivity index (χ1n) is 12.6. The van der Waals surface area contributed by atoms with Crippen LogP contribution in [0.3, 0.4) is 0 Å². The van der Waals surface area contributed by atoms with Gasteiger partial charge in [0, 0.05) is 17.5 Å². The highest BCUT2D eigenvalue weighted by Crippen LogP contribution is 2.29. The normalized spacial score (nSPS) is 14.4. The highest BCUT2D eigenvalue weighted by molar-refractivity contribution is 14.2. The molecule has 0 radical (unpaired) electrons. The van der Waals surface area contributed by atoms with Crippen molar-refractivity contribution in [3.8, 4) is 11.1 Å². The number of carbonyl (C=O) groups excluding carboxylic acids is 1. The van der Waals surface area contributed by atoms with Gasteiger partial charge in [-0.3, -0.25) is 14.7 Å². The molecule has 2 heterocycles. The Bertz CT molecular complexity index is 1460. The van der Waals surface area contributed by atoms with Gasteiger partial charge in [0.2, 0.25) is 0 Å². The highest BCUT2D eigenvalue weighted by atomic mass is 127. The average molecular weight is 634 g/mol. The fraction of sp³-hybridized carbons (Fsp3) is 0.379. The topological polar surface area (TPSA) is 93.4 Å². The van der Waals surface area contributed by atoms with Crippen LogP contribution in [-0.4, -0.2) is 30.5 Å². The second-order valence-corrected chi connectivity index (χ2v) is 12.5. The predicted molar refractivity (Wildman–Crippen MR) is 155 cm³/mol. The van der Waals surface area contributed by atoms with Gasteiger partial charge in [0.05, 0.1) is 18.3 Å². The van der Waals surface area contributed by atoms with Gasteiger partial charge in [0.1, 0.15) is 36.4 Å². The lowest BCUT2D eigenvalue weighted by atomic mass is 9.89. The van der Waals surface area contributed by atoms with Gasteiger partial charge < -0.3 is 8.17 Å². The highest BCUT2D eigenvalue weighted by Gasteiger charge is 2.25. The Hall–Kier alpha value is -2.92. The maximum atomic E-state index is 15.5. The molecule has 0 spiro atoms. The first kappa shape index (κ1) is 28.1. The van der Waals surface area contributed by atoms with Gasteiger partial charge in [-0.2, -0.15) is 0 Å². The molecule has 1 atom stereocenters. The van der Waals surface area contributed by atoms with Crippen molar-refractivity contribution >= 4 is 30.9 Å². The van der Waals surface area contributed by atoms with Crippen molar-refractivity contribution in [2.75, 3.05) is 0 Å². The second-order valence-electron chi connectivity index (χ2n) is 10.5. The van der Waals surface area contributed by atoms with Gasteiger partial charge in [0.25, 0.3) is 5.56 Å². The third-order valence-electron chi connectivity index (χ3n) is 6.67. The zero-order valence-electron chi connectivity index (χ0n) is 22.3. The third-order valence-corrected chi connectivity index (χ3v) is 8.58. The number of rotatable bonds is 8. The molecule has 1 aliphatic heterocycles. The van der Waals surface area contributed by atoms with Crippen LogP contribution in [0, 0.1) is 18.2 Å². The van der Waals surface area contributed by atoms with E-state index in [4.69, 9.17) is 8.05 Å². The largest absolute Gasteiger partial charge is 0.421 e. The molecule has 38 heavy (non-hydrogen) atoms. The van der Waals surface area contributed by atoms with Crippen LogP contribution < -0.4 is 10.9 Å². The summed E-state index contributed by atoms with van der Waals surface area (Å²) in [7, 11) is 0. The molecule has 2 N–H and O–H groups in total. The number of nitrogens with zero attached hydrogens (tertiary/aromatic N) is 2. The van der Waals surface area contributed by atoms with Gasteiger partial charge in [-0.25, -0.2) is 14.2 Å². The molecular formula is C29H33FIN3O4. The summed E-state index contributed by atoms with van der Waals surface area (Å²) in [6.07, 6.45) is 0.314. The molecule has 0 saturated carbocycles. The summed E-state index contributed by atoms with van der Waals surface area (Å²) in [5.74, 6) is 0.119. The fourth-order valence-corrected chi connectivity index (χ4v) is 5.89. The maximum absolute atomic E-state index is 15.5. The lowest BCUT2D eigenvalue weighted by Crippen LogP contribution is -2.38. The molecule has 1 unspecified atom stereocenters. The van der Waals surface area contributed by atoms with E-state index in [0.29, 0.717) is 34.6 Å². The van der Waals surface area contributed by atoms with E-state index in [2.05, 4.69) is 5.32 Å². The summed E-state index contributed by atoms with van der Waals surface area (Å²) in [5, 5.41) is 13.4. The van der Waals surface area contributed by atoms with E-state index < -0.39 is 44.6 Å². The number of halogens is 2. The average Bonchev–Trinajstić information content (AvgIpc) is 3.30. The molecule has 9 heteroatoms. The monoisotopic (exact) mass is 633 g/mol. The summed E-state index contributed by atoms with van der Waals surface area (Å²) in [5.41, 5.74) is 3.15. The van der Waals surface area contributed by atoms with E-state index in [1.807, 2.05) is 58.0 Å².